The van der Waals surface area contributed by atoms with Crippen LogP contribution in [0.5, 0.6) is 5.75 Å². The van der Waals surface area contributed by atoms with Crippen molar-refractivity contribution in [2.75, 3.05) is 46.4 Å². The Morgan fingerprint density at radius 2 is 1.89 bits per heavy atom. The molecular weight excluding hydrogens is 459 g/mol. The van der Waals surface area contributed by atoms with E-state index in [1.165, 1.54) is 18.4 Å². The molecule has 1 aliphatic carbocycles. The SMILES string of the molecule is COc1ccc(-c2ccc(C3CC3NCC3(F)CCN(CC4CCNCC4)CC3)cn2)cc1.O=CO. The molecule has 2 aliphatic heterocycles. The summed E-state index contributed by atoms with van der Waals surface area (Å²) in [7, 11) is 1.67. The van der Waals surface area contributed by atoms with E-state index in [9.17, 15) is 0 Å². The number of pyridine rings is 1. The zero-order chi connectivity index (χ0) is 25.4. The molecule has 196 valence electrons. The summed E-state index contributed by atoms with van der Waals surface area (Å²) in [6.07, 6.45) is 6.88. The summed E-state index contributed by atoms with van der Waals surface area (Å²) in [6.45, 7) is 5.44. The number of rotatable bonds is 8. The first kappa shape index (κ1) is 26.5. The average molecular weight is 499 g/mol. The Morgan fingerprint density at radius 1 is 1.19 bits per heavy atom. The molecule has 2 saturated heterocycles. The Balaban J connectivity index is 0.000000967. The standard InChI is InChI=1S/C27H37FN4O.CH2O2/c1-33-23-5-2-21(3-6-23)25-7-4-22(17-30-25)24-16-26(24)31-19-27(28)10-14-32(15-11-27)18-20-8-12-29-13-9-20;2-1-3/h2-7,17,20,24,26,29,31H,8-16,18-19H2,1H3;1H,(H,2,3). The summed E-state index contributed by atoms with van der Waals surface area (Å²) in [5.41, 5.74) is 2.23. The molecule has 0 bridgehead atoms. The lowest BCUT2D eigenvalue weighted by molar-refractivity contribution is -0.122. The second kappa shape index (κ2) is 12.6. The lowest BCUT2D eigenvalue weighted by Crippen LogP contribution is -2.49. The van der Waals surface area contributed by atoms with Gasteiger partial charge in [0.15, 0.2) is 0 Å². The smallest absolute Gasteiger partial charge is 0.290 e. The van der Waals surface area contributed by atoms with E-state index in [1.807, 2.05) is 30.5 Å². The number of carbonyl (C=O) groups is 1. The molecule has 3 aliphatic rings. The van der Waals surface area contributed by atoms with Gasteiger partial charge in [-0.3, -0.25) is 9.78 Å². The van der Waals surface area contributed by atoms with Gasteiger partial charge in [-0.25, -0.2) is 4.39 Å². The summed E-state index contributed by atoms with van der Waals surface area (Å²) < 4.78 is 20.6. The number of aromatic nitrogens is 1. The van der Waals surface area contributed by atoms with Crippen LogP contribution < -0.4 is 15.4 Å². The molecule has 0 radical (unpaired) electrons. The van der Waals surface area contributed by atoms with Gasteiger partial charge in [-0.1, -0.05) is 6.07 Å². The van der Waals surface area contributed by atoms with Crippen molar-refractivity contribution in [2.45, 2.75) is 49.7 Å². The first-order valence-electron chi connectivity index (χ1n) is 13.1. The highest BCUT2D eigenvalue weighted by Gasteiger charge is 2.42. The molecule has 0 spiro atoms. The maximum absolute atomic E-state index is 15.4. The number of nitrogens with zero attached hydrogens (tertiary/aromatic N) is 2. The molecule has 2 aromatic rings. The van der Waals surface area contributed by atoms with Crippen LogP contribution in [0.1, 0.15) is 43.6 Å². The second-order valence-electron chi connectivity index (χ2n) is 10.3. The van der Waals surface area contributed by atoms with Gasteiger partial charge in [0.2, 0.25) is 0 Å². The van der Waals surface area contributed by atoms with Crippen LogP contribution in [0.2, 0.25) is 0 Å². The molecule has 1 aromatic carbocycles. The Kier molecular flexibility index (Phi) is 9.29. The molecule has 3 N–H and O–H groups in total. The fourth-order valence-electron chi connectivity index (χ4n) is 5.40. The number of hydrogen-bond acceptors (Lipinski definition) is 6. The third kappa shape index (κ3) is 7.24. The Labute approximate surface area is 213 Å². The van der Waals surface area contributed by atoms with Crippen molar-refractivity contribution in [1.29, 1.82) is 0 Å². The zero-order valence-corrected chi connectivity index (χ0v) is 21.2. The number of hydrogen-bond donors (Lipinski definition) is 3. The van der Waals surface area contributed by atoms with Crippen molar-refractivity contribution < 1.29 is 19.0 Å². The van der Waals surface area contributed by atoms with E-state index in [0.29, 0.717) is 31.3 Å². The Morgan fingerprint density at radius 3 is 2.50 bits per heavy atom. The van der Waals surface area contributed by atoms with Crippen LogP contribution in [0.3, 0.4) is 0 Å². The average Bonchev–Trinajstić information content (AvgIpc) is 3.70. The van der Waals surface area contributed by atoms with E-state index in [4.69, 9.17) is 14.6 Å². The van der Waals surface area contributed by atoms with Gasteiger partial charge in [0.05, 0.1) is 12.8 Å². The third-order valence-electron chi connectivity index (χ3n) is 7.80. The largest absolute Gasteiger partial charge is 0.497 e. The van der Waals surface area contributed by atoms with Crippen molar-refractivity contribution >= 4 is 6.47 Å². The van der Waals surface area contributed by atoms with Gasteiger partial charge >= 0.3 is 0 Å². The van der Waals surface area contributed by atoms with Crippen LogP contribution in [-0.2, 0) is 4.79 Å². The number of benzene rings is 1. The molecule has 0 amide bonds. The molecule has 5 rings (SSSR count). The van der Waals surface area contributed by atoms with Crippen LogP contribution in [-0.4, -0.2) is 79.6 Å². The summed E-state index contributed by atoms with van der Waals surface area (Å²) in [5, 5.41) is 13.8. The Bertz CT molecular complexity index is 942. The fraction of sp³-hybridized carbons (Fsp3) is 0.571. The first-order chi connectivity index (χ1) is 17.5. The fourth-order valence-corrected chi connectivity index (χ4v) is 5.40. The van der Waals surface area contributed by atoms with E-state index >= 15 is 4.39 Å². The first-order valence-corrected chi connectivity index (χ1v) is 13.1. The molecule has 8 heteroatoms. The van der Waals surface area contributed by atoms with Gasteiger partial charge in [0.1, 0.15) is 11.4 Å². The molecule has 2 atom stereocenters. The van der Waals surface area contributed by atoms with Crippen LogP contribution in [0, 0.1) is 5.92 Å². The molecule has 36 heavy (non-hydrogen) atoms. The van der Waals surface area contributed by atoms with E-state index in [2.05, 4.69) is 32.7 Å². The number of alkyl halides is 1. The quantitative estimate of drug-likeness (QED) is 0.479. The number of carboxylic acid groups (broad SMARTS) is 1. The highest BCUT2D eigenvalue weighted by molar-refractivity contribution is 5.60. The topological polar surface area (TPSA) is 86.7 Å². The lowest BCUT2D eigenvalue weighted by Gasteiger charge is -2.38. The number of likely N-dealkylation sites (tertiary alicyclic amines) is 1. The van der Waals surface area contributed by atoms with Gasteiger partial charge in [-0.05, 0) is 87.0 Å². The molecule has 3 heterocycles. The summed E-state index contributed by atoms with van der Waals surface area (Å²) >= 11 is 0. The minimum absolute atomic E-state index is 0.250. The minimum Gasteiger partial charge on any atom is -0.497 e. The van der Waals surface area contributed by atoms with E-state index < -0.39 is 5.67 Å². The molecule has 2 unspecified atom stereocenters. The zero-order valence-electron chi connectivity index (χ0n) is 21.2. The van der Waals surface area contributed by atoms with E-state index in [1.54, 1.807) is 7.11 Å². The van der Waals surface area contributed by atoms with Crippen molar-refractivity contribution in [2.24, 2.45) is 5.92 Å². The van der Waals surface area contributed by atoms with Gasteiger partial charge in [0, 0.05) is 49.9 Å². The summed E-state index contributed by atoms with van der Waals surface area (Å²) in [5.74, 6) is 2.08. The van der Waals surface area contributed by atoms with E-state index in [0.717, 1.165) is 62.1 Å². The van der Waals surface area contributed by atoms with Crippen LogP contribution in [0.25, 0.3) is 11.3 Å². The predicted octanol–water partition coefficient (Wildman–Crippen LogP) is 3.71. The normalized spacial score (nSPS) is 23.8. The maximum Gasteiger partial charge on any atom is 0.290 e. The highest BCUT2D eigenvalue weighted by Crippen LogP contribution is 2.41. The van der Waals surface area contributed by atoms with E-state index in [-0.39, 0.29) is 6.47 Å². The van der Waals surface area contributed by atoms with Gasteiger partial charge in [0.25, 0.3) is 6.47 Å². The molecule has 7 nitrogen and oxygen atoms in total. The number of ether oxygens (including phenoxy) is 1. The molecular formula is C28H39FN4O3. The highest BCUT2D eigenvalue weighted by atomic mass is 19.1. The molecule has 1 saturated carbocycles. The number of piperidine rings is 2. The summed E-state index contributed by atoms with van der Waals surface area (Å²) in [4.78, 5) is 15.5. The second-order valence-corrected chi connectivity index (χ2v) is 10.3. The van der Waals surface area contributed by atoms with Crippen LogP contribution >= 0.6 is 0 Å². The maximum atomic E-state index is 15.4. The monoisotopic (exact) mass is 498 g/mol. The van der Waals surface area contributed by atoms with Gasteiger partial charge < -0.3 is 25.4 Å². The summed E-state index contributed by atoms with van der Waals surface area (Å²) in [6, 6.07) is 12.6. The number of methoxy groups -OCH3 is 1. The van der Waals surface area contributed by atoms with Gasteiger partial charge in [-0.2, -0.15) is 0 Å². The van der Waals surface area contributed by atoms with Crippen molar-refractivity contribution in [1.82, 2.24) is 20.5 Å². The number of halogens is 1. The van der Waals surface area contributed by atoms with Crippen LogP contribution in [0.15, 0.2) is 42.6 Å². The number of nitrogens with one attached hydrogen (secondary N) is 2. The third-order valence-corrected chi connectivity index (χ3v) is 7.80. The minimum atomic E-state index is -1.06. The van der Waals surface area contributed by atoms with Crippen molar-refractivity contribution in [3.05, 3.63) is 48.2 Å². The van der Waals surface area contributed by atoms with Crippen LogP contribution in [0.4, 0.5) is 4.39 Å². The van der Waals surface area contributed by atoms with Crippen molar-refractivity contribution in [3.63, 3.8) is 0 Å². The molecule has 3 fully saturated rings. The van der Waals surface area contributed by atoms with Crippen molar-refractivity contribution in [3.8, 4) is 17.0 Å². The molecule has 1 aromatic heterocycles. The predicted molar refractivity (Wildman–Crippen MR) is 139 cm³/mol. The lowest BCUT2D eigenvalue weighted by atomic mass is 9.91. The van der Waals surface area contributed by atoms with Gasteiger partial charge in [-0.15, -0.1) is 0 Å². The Hall–Kier alpha value is -2.55.